The molecule has 20 heavy (non-hydrogen) atoms. The molecule has 0 unspecified atom stereocenters. The Kier molecular flexibility index (Phi) is 3.96. The summed E-state index contributed by atoms with van der Waals surface area (Å²) in [5, 5.41) is 19.0. The van der Waals surface area contributed by atoms with Gasteiger partial charge in [0, 0.05) is 18.2 Å². The highest BCUT2D eigenvalue weighted by Crippen LogP contribution is 2.39. The average molecular weight is 299 g/mol. The molecule has 1 aromatic rings. The van der Waals surface area contributed by atoms with Crippen LogP contribution in [0.5, 0.6) is 0 Å². The number of hydrogen-bond donors (Lipinski definition) is 2. The van der Waals surface area contributed by atoms with E-state index in [1.165, 1.54) is 12.1 Å². The van der Waals surface area contributed by atoms with Gasteiger partial charge in [-0.05, 0) is 24.8 Å². The van der Waals surface area contributed by atoms with Gasteiger partial charge in [-0.15, -0.1) is 0 Å². The monoisotopic (exact) mass is 299 g/mol. The minimum Gasteiger partial charge on any atom is -0.381 e. The van der Waals surface area contributed by atoms with Gasteiger partial charge < -0.3 is 5.32 Å². The number of hydrogen-bond acceptors (Lipinski definition) is 5. The molecule has 1 aromatic carbocycles. The second-order valence-electron chi connectivity index (χ2n) is 5.02. The number of nitro benzene ring substituents is 1. The lowest BCUT2D eigenvalue weighted by Gasteiger charge is -2.10. The third-order valence-electron chi connectivity index (χ3n) is 3.40. The molecule has 1 saturated carbocycles. The van der Waals surface area contributed by atoms with Gasteiger partial charge in [-0.1, -0.05) is 13.3 Å². The molecule has 1 aliphatic carbocycles. The van der Waals surface area contributed by atoms with Crippen molar-refractivity contribution in [2.45, 2.75) is 37.1 Å². The van der Waals surface area contributed by atoms with Crippen molar-refractivity contribution in [2.24, 2.45) is 11.1 Å². The summed E-state index contributed by atoms with van der Waals surface area (Å²) in [6.45, 7) is 2.08. The molecule has 0 aliphatic heterocycles. The van der Waals surface area contributed by atoms with Crippen LogP contribution < -0.4 is 10.5 Å². The largest absolute Gasteiger partial charge is 0.381 e. The number of rotatable bonds is 6. The summed E-state index contributed by atoms with van der Waals surface area (Å²) < 4.78 is 23.0. The first-order valence-corrected chi connectivity index (χ1v) is 7.95. The Morgan fingerprint density at radius 1 is 1.50 bits per heavy atom. The molecule has 0 saturated heterocycles. The quantitative estimate of drug-likeness (QED) is 0.614. The molecule has 110 valence electrons. The average Bonchev–Trinajstić information content (AvgIpc) is 3.06. The van der Waals surface area contributed by atoms with E-state index >= 15 is 0 Å². The Balaban J connectivity index is 2.28. The van der Waals surface area contributed by atoms with E-state index in [4.69, 9.17) is 5.14 Å². The standard InChI is InChI=1S/C12H17N3O4S/c1-2-3-8-6-10(8)14-11-7-9(15(16)17)4-5-12(11)20(13,18)19/h4-5,7-8,10,14H,2-3,6H2,1H3,(H2,13,18,19)/t8-,10+/m1/s1. The molecular weight excluding hydrogens is 282 g/mol. The first kappa shape index (κ1) is 14.7. The van der Waals surface area contributed by atoms with Crippen LogP contribution in [0.1, 0.15) is 26.2 Å². The van der Waals surface area contributed by atoms with E-state index in [0.29, 0.717) is 5.92 Å². The van der Waals surface area contributed by atoms with E-state index in [1.54, 1.807) is 0 Å². The zero-order valence-corrected chi connectivity index (χ0v) is 11.9. The number of nitrogens with two attached hydrogens (primary N) is 1. The molecule has 1 aliphatic rings. The molecule has 0 radical (unpaired) electrons. The van der Waals surface area contributed by atoms with Gasteiger partial charge in [0.25, 0.3) is 5.69 Å². The van der Waals surface area contributed by atoms with E-state index in [2.05, 4.69) is 12.2 Å². The van der Waals surface area contributed by atoms with E-state index in [9.17, 15) is 18.5 Å². The van der Waals surface area contributed by atoms with Gasteiger partial charge in [0.1, 0.15) is 4.90 Å². The SMILES string of the molecule is CCC[C@@H]1C[C@@H]1Nc1cc([N+](=O)[O-])ccc1S(N)(=O)=O. The molecule has 1 fully saturated rings. The normalized spacial score (nSPS) is 21.5. The first-order valence-electron chi connectivity index (χ1n) is 6.40. The number of nitrogens with one attached hydrogen (secondary N) is 1. The van der Waals surface area contributed by atoms with Crippen molar-refractivity contribution in [3.8, 4) is 0 Å². The van der Waals surface area contributed by atoms with E-state index < -0.39 is 14.9 Å². The Hall–Kier alpha value is -1.67. The zero-order chi connectivity index (χ0) is 14.9. The summed E-state index contributed by atoms with van der Waals surface area (Å²) in [6.07, 6.45) is 3.05. The van der Waals surface area contributed by atoms with Crippen molar-refractivity contribution in [1.82, 2.24) is 0 Å². The van der Waals surface area contributed by atoms with Crippen molar-refractivity contribution in [3.63, 3.8) is 0 Å². The van der Waals surface area contributed by atoms with Crippen molar-refractivity contribution >= 4 is 21.4 Å². The van der Waals surface area contributed by atoms with Gasteiger partial charge in [-0.25, -0.2) is 13.6 Å². The molecule has 2 rings (SSSR count). The van der Waals surface area contributed by atoms with Gasteiger partial charge in [-0.3, -0.25) is 10.1 Å². The molecule has 0 heterocycles. The third kappa shape index (κ3) is 3.26. The highest BCUT2D eigenvalue weighted by Gasteiger charge is 2.37. The maximum Gasteiger partial charge on any atom is 0.271 e. The minimum absolute atomic E-state index is 0.106. The van der Waals surface area contributed by atoms with Gasteiger partial charge >= 0.3 is 0 Å². The summed E-state index contributed by atoms with van der Waals surface area (Å²) in [6, 6.07) is 3.70. The van der Waals surface area contributed by atoms with Crippen molar-refractivity contribution in [1.29, 1.82) is 0 Å². The van der Waals surface area contributed by atoms with Crippen molar-refractivity contribution < 1.29 is 13.3 Å². The molecule has 7 nitrogen and oxygen atoms in total. The fraction of sp³-hybridized carbons (Fsp3) is 0.500. The van der Waals surface area contributed by atoms with Gasteiger partial charge in [0.15, 0.2) is 0 Å². The predicted octanol–water partition coefficient (Wildman–Crippen LogP) is 1.84. The van der Waals surface area contributed by atoms with Crippen LogP contribution in [-0.4, -0.2) is 19.4 Å². The van der Waals surface area contributed by atoms with Gasteiger partial charge in [0.05, 0.1) is 10.6 Å². The first-order chi connectivity index (χ1) is 9.32. The lowest BCUT2D eigenvalue weighted by molar-refractivity contribution is -0.384. The fourth-order valence-corrected chi connectivity index (χ4v) is 2.99. The van der Waals surface area contributed by atoms with Crippen LogP contribution in [0.2, 0.25) is 0 Å². The van der Waals surface area contributed by atoms with Gasteiger partial charge in [-0.2, -0.15) is 0 Å². The lowest BCUT2D eigenvalue weighted by atomic mass is 10.2. The molecular formula is C12H17N3O4S. The Labute approximate surface area is 117 Å². The summed E-state index contributed by atoms with van der Waals surface area (Å²) in [5.41, 5.74) is 0.0536. The highest BCUT2D eigenvalue weighted by atomic mass is 32.2. The van der Waals surface area contributed by atoms with Crippen LogP contribution >= 0.6 is 0 Å². The molecule has 2 atom stereocenters. The molecule has 0 amide bonds. The second kappa shape index (κ2) is 5.37. The number of anilines is 1. The zero-order valence-electron chi connectivity index (χ0n) is 11.1. The Morgan fingerprint density at radius 3 is 2.75 bits per heavy atom. The number of nitrogens with zero attached hydrogens (tertiary/aromatic N) is 1. The number of sulfonamides is 1. The van der Waals surface area contributed by atoms with Crippen LogP contribution in [-0.2, 0) is 10.0 Å². The van der Waals surface area contributed by atoms with Crippen molar-refractivity contribution in [2.75, 3.05) is 5.32 Å². The fourth-order valence-electron chi connectivity index (χ4n) is 2.31. The van der Waals surface area contributed by atoms with E-state index in [-0.39, 0.29) is 22.3 Å². The van der Waals surface area contributed by atoms with E-state index in [1.807, 2.05) is 0 Å². The maximum atomic E-state index is 11.5. The number of primary sulfonamides is 1. The smallest absolute Gasteiger partial charge is 0.271 e. The molecule has 3 N–H and O–H groups in total. The van der Waals surface area contributed by atoms with Crippen LogP contribution in [0.4, 0.5) is 11.4 Å². The molecule has 8 heteroatoms. The molecule has 0 aromatic heterocycles. The van der Waals surface area contributed by atoms with E-state index in [0.717, 1.165) is 25.3 Å². The Morgan fingerprint density at radius 2 is 2.20 bits per heavy atom. The number of nitro groups is 1. The van der Waals surface area contributed by atoms with Crippen LogP contribution in [0.25, 0.3) is 0 Å². The van der Waals surface area contributed by atoms with Crippen LogP contribution in [0.15, 0.2) is 23.1 Å². The topological polar surface area (TPSA) is 115 Å². The molecule has 0 bridgehead atoms. The number of non-ortho nitro benzene ring substituents is 1. The second-order valence-corrected chi connectivity index (χ2v) is 6.55. The van der Waals surface area contributed by atoms with Crippen LogP contribution in [0, 0.1) is 16.0 Å². The lowest BCUT2D eigenvalue weighted by Crippen LogP contribution is -2.16. The van der Waals surface area contributed by atoms with Crippen LogP contribution in [0.3, 0.4) is 0 Å². The predicted molar refractivity (Wildman–Crippen MR) is 74.9 cm³/mol. The summed E-state index contributed by atoms with van der Waals surface area (Å²) >= 11 is 0. The summed E-state index contributed by atoms with van der Waals surface area (Å²) in [5.74, 6) is 0.493. The highest BCUT2D eigenvalue weighted by molar-refractivity contribution is 7.89. The van der Waals surface area contributed by atoms with Gasteiger partial charge in [0.2, 0.25) is 10.0 Å². The van der Waals surface area contributed by atoms with Crippen molar-refractivity contribution in [3.05, 3.63) is 28.3 Å². The number of benzene rings is 1. The minimum atomic E-state index is -3.91. The maximum absolute atomic E-state index is 11.5. The third-order valence-corrected chi connectivity index (χ3v) is 4.37. The summed E-state index contributed by atoms with van der Waals surface area (Å²) in [7, 11) is -3.91. The molecule has 0 spiro atoms. The summed E-state index contributed by atoms with van der Waals surface area (Å²) in [4.78, 5) is 10.1. The Bertz CT molecular complexity index is 630.